The summed E-state index contributed by atoms with van der Waals surface area (Å²) < 4.78 is 0. The largest absolute Gasteiger partial charge is 0.334 e. The Bertz CT molecular complexity index is 391. The third-order valence-corrected chi connectivity index (χ3v) is 3.99. The second-order valence-corrected chi connectivity index (χ2v) is 5.14. The summed E-state index contributed by atoms with van der Waals surface area (Å²) >= 11 is 1.68. The smallest absolute Gasteiger partial charge is 0.254 e. The first kappa shape index (κ1) is 12.5. The summed E-state index contributed by atoms with van der Waals surface area (Å²) in [7, 11) is 0. The molecule has 1 fully saturated rings. The van der Waals surface area contributed by atoms with Gasteiger partial charge < -0.3 is 10.6 Å². The molecule has 3 nitrogen and oxygen atoms in total. The number of carbonyl (C=O) groups excluding carboxylic acids is 1. The van der Waals surface area contributed by atoms with Crippen molar-refractivity contribution in [1.82, 2.24) is 4.90 Å². The molecule has 0 aliphatic carbocycles. The van der Waals surface area contributed by atoms with Crippen LogP contribution < -0.4 is 5.73 Å². The average molecular weight is 250 g/mol. The molecule has 1 aliphatic rings. The number of nitrogens with two attached hydrogens (primary N) is 1. The minimum atomic E-state index is 0.116. The number of thioether (sulfide) groups is 1. The zero-order valence-corrected chi connectivity index (χ0v) is 10.9. The number of likely N-dealkylation sites (tertiary alicyclic amines) is 1. The molecule has 1 unspecified atom stereocenters. The Kier molecular flexibility index (Phi) is 4.07. The lowest BCUT2D eigenvalue weighted by atomic mass is 10.1. The number of hydrogen-bond acceptors (Lipinski definition) is 3. The average Bonchev–Trinajstić information content (AvgIpc) is 2.86. The van der Waals surface area contributed by atoms with Crippen molar-refractivity contribution in [3.05, 3.63) is 29.8 Å². The summed E-state index contributed by atoms with van der Waals surface area (Å²) in [5.74, 6) is 0.116. The van der Waals surface area contributed by atoms with E-state index in [2.05, 4.69) is 0 Å². The van der Waals surface area contributed by atoms with Gasteiger partial charge in [0, 0.05) is 29.6 Å². The van der Waals surface area contributed by atoms with E-state index in [0.29, 0.717) is 6.54 Å². The molecule has 0 spiro atoms. The molecular weight excluding hydrogens is 232 g/mol. The molecule has 1 heterocycles. The van der Waals surface area contributed by atoms with E-state index in [1.807, 2.05) is 35.4 Å². The van der Waals surface area contributed by atoms with Gasteiger partial charge in [0.15, 0.2) is 0 Å². The van der Waals surface area contributed by atoms with Crippen molar-refractivity contribution in [2.45, 2.75) is 23.8 Å². The van der Waals surface area contributed by atoms with Crippen molar-refractivity contribution in [2.75, 3.05) is 19.3 Å². The third-order valence-electron chi connectivity index (χ3n) is 3.25. The molecule has 0 saturated carbocycles. The first-order valence-corrected chi connectivity index (χ1v) is 7.14. The molecular formula is C13H18N2OS. The van der Waals surface area contributed by atoms with E-state index < -0.39 is 0 Å². The number of nitrogens with zero attached hydrogens (tertiary/aromatic N) is 1. The molecule has 2 N–H and O–H groups in total. The highest BCUT2D eigenvalue weighted by Gasteiger charge is 2.27. The predicted octanol–water partition coefficient (Wildman–Crippen LogP) is 1.97. The normalized spacial score (nSPS) is 19.6. The highest BCUT2D eigenvalue weighted by atomic mass is 32.2. The van der Waals surface area contributed by atoms with Crippen LogP contribution in [0.15, 0.2) is 29.2 Å². The molecule has 0 bridgehead atoms. The molecule has 1 saturated heterocycles. The minimum Gasteiger partial charge on any atom is -0.334 e. The summed E-state index contributed by atoms with van der Waals surface area (Å²) in [6.07, 6.45) is 4.13. The van der Waals surface area contributed by atoms with Gasteiger partial charge in [-0.3, -0.25) is 4.79 Å². The second kappa shape index (κ2) is 5.56. The van der Waals surface area contributed by atoms with Crippen LogP contribution in [-0.2, 0) is 0 Å². The fraction of sp³-hybridized carbons (Fsp3) is 0.462. The minimum absolute atomic E-state index is 0.116. The standard InChI is InChI=1S/C13H18N2OS/c1-17-12-6-4-10(5-7-12)13(16)15-8-2-3-11(15)9-14/h4-7,11H,2-3,8-9,14H2,1H3. The van der Waals surface area contributed by atoms with Gasteiger partial charge in [0.05, 0.1) is 0 Å². The highest BCUT2D eigenvalue weighted by Crippen LogP contribution is 2.21. The van der Waals surface area contributed by atoms with E-state index in [4.69, 9.17) is 5.73 Å². The predicted molar refractivity (Wildman–Crippen MR) is 71.3 cm³/mol. The number of benzene rings is 1. The van der Waals surface area contributed by atoms with Gasteiger partial charge in [-0.2, -0.15) is 0 Å². The molecule has 1 aromatic rings. The van der Waals surface area contributed by atoms with Crippen LogP contribution >= 0.6 is 11.8 Å². The summed E-state index contributed by atoms with van der Waals surface area (Å²) in [5, 5.41) is 0. The van der Waals surface area contributed by atoms with Crippen LogP contribution in [0.3, 0.4) is 0 Å². The Morgan fingerprint density at radius 1 is 1.47 bits per heavy atom. The lowest BCUT2D eigenvalue weighted by Crippen LogP contribution is -2.39. The Labute approximate surface area is 106 Å². The van der Waals surface area contributed by atoms with Crippen molar-refractivity contribution in [3.63, 3.8) is 0 Å². The van der Waals surface area contributed by atoms with Crippen LogP contribution in [0.5, 0.6) is 0 Å². The van der Waals surface area contributed by atoms with Gasteiger partial charge in [-0.1, -0.05) is 0 Å². The van der Waals surface area contributed by atoms with Crippen LogP contribution in [0.4, 0.5) is 0 Å². The summed E-state index contributed by atoms with van der Waals surface area (Å²) in [6.45, 7) is 1.40. The molecule has 17 heavy (non-hydrogen) atoms. The van der Waals surface area contributed by atoms with Gasteiger partial charge >= 0.3 is 0 Å². The van der Waals surface area contributed by atoms with Gasteiger partial charge in [-0.25, -0.2) is 0 Å². The van der Waals surface area contributed by atoms with Crippen LogP contribution in [0.25, 0.3) is 0 Å². The first-order chi connectivity index (χ1) is 8.26. The number of carbonyl (C=O) groups is 1. The molecule has 2 rings (SSSR count). The van der Waals surface area contributed by atoms with E-state index in [1.54, 1.807) is 11.8 Å². The molecule has 1 amide bonds. The SMILES string of the molecule is CSc1ccc(C(=O)N2CCCC2CN)cc1. The first-order valence-electron chi connectivity index (χ1n) is 5.91. The maximum absolute atomic E-state index is 12.3. The van der Waals surface area contributed by atoms with Crippen molar-refractivity contribution >= 4 is 17.7 Å². The van der Waals surface area contributed by atoms with E-state index >= 15 is 0 Å². The summed E-state index contributed by atoms with van der Waals surface area (Å²) in [4.78, 5) is 15.4. The Morgan fingerprint density at radius 3 is 2.76 bits per heavy atom. The molecule has 1 aromatic carbocycles. The molecule has 0 radical (unpaired) electrons. The van der Waals surface area contributed by atoms with Crippen LogP contribution in [-0.4, -0.2) is 36.2 Å². The Morgan fingerprint density at radius 2 is 2.18 bits per heavy atom. The van der Waals surface area contributed by atoms with Crippen molar-refractivity contribution in [1.29, 1.82) is 0 Å². The molecule has 92 valence electrons. The van der Waals surface area contributed by atoms with Gasteiger partial charge in [-0.15, -0.1) is 11.8 Å². The fourth-order valence-corrected chi connectivity index (χ4v) is 2.66. The summed E-state index contributed by atoms with van der Waals surface area (Å²) in [5.41, 5.74) is 6.46. The zero-order chi connectivity index (χ0) is 12.3. The highest BCUT2D eigenvalue weighted by molar-refractivity contribution is 7.98. The molecule has 1 atom stereocenters. The third kappa shape index (κ3) is 2.64. The molecule has 0 aromatic heterocycles. The van der Waals surface area contributed by atoms with Crippen molar-refractivity contribution < 1.29 is 4.79 Å². The quantitative estimate of drug-likeness (QED) is 0.834. The maximum Gasteiger partial charge on any atom is 0.254 e. The lowest BCUT2D eigenvalue weighted by molar-refractivity contribution is 0.0741. The fourth-order valence-electron chi connectivity index (χ4n) is 2.25. The summed E-state index contributed by atoms with van der Waals surface area (Å²) in [6, 6.07) is 8.01. The van der Waals surface area contributed by atoms with Gasteiger partial charge in [-0.05, 0) is 43.4 Å². The van der Waals surface area contributed by atoms with E-state index in [-0.39, 0.29) is 11.9 Å². The van der Waals surface area contributed by atoms with Gasteiger partial charge in [0.1, 0.15) is 0 Å². The maximum atomic E-state index is 12.3. The van der Waals surface area contributed by atoms with Gasteiger partial charge in [0.25, 0.3) is 5.91 Å². The zero-order valence-electron chi connectivity index (χ0n) is 10.1. The number of hydrogen-bond donors (Lipinski definition) is 1. The van der Waals surface area contributed by atoms with Crippen LogP contribution in [0, 0.1) is 0 Å². The van der Waals surface area contributed by atoms with Crippen LogP contribution in [0.2, 0.25) is 0 Å². The van der Waals surface area contributed by atoms with Crippen molar-refractivity contribution in [2.24, 2.45) is 5.73 Å². The molecule has 4 heteroatoms. The topological polar surface area (TPSA) is 46.3 Å². The number of amides is 1. The van der Waals surface area contributed by atoms with E-state index in [0.717, 1.165) is 24.9 Å². The van der Waals surface area contributed by atoms with Crippen molar-refractivity contribution in [3.8, 4) is 0 Å². The molecule has 1 aliphatic heterocycles. The Hall–Kier alpha value is -1.00. The Balaban J connectivity index is 2.13. The lowest BCUT2D eigenvalue weighted by Gasteiger charge is -2.23. The van der Waals surface area contributed by atoms with E-state index in [9.17, 15) is 4.79 Å². The van der Waals surface area contributed by atoms with Gasteiger partial charge in [0.2, 0.25) is 0 Å². The number of rotatable bonds is 3. The van der Waals surface area contributed by atoms with Crippen LogP contribution in [0.1, 0.15) is 23.2 Å². The van der Waals surface area contributed by atoms with E-state index in [1.165, 1.54) is 4.90 Å². The monoisotopic (exact) mass is 250 g/mol. The second-order valence-electron chi connectivity index (χ2n) is 4.26.